The molecular formula is C19H24FN7O. The van der Waals surface area contributed by atoms with Crippen LogP contribution in [0.1, 0.15) is 24.8 Å². The van der Waals surface area contributed by atoms with Crippen LogP contribution in [0.2, 0.25) is 0 Å². The number of hydrogen-bond acceptors (Lipinski definition) is 6. The number of carbonyl (C=O) groups excluding carboxylic acids is 1. The van der Waals surface area contributed by atoms with Crippen LogP contribution in [0.4, 0.5) is 16.2 Å². The average molecular weight is 385 g/mol. The lowest BCUT2D eigenvalue weighted by atomic mass is 10.1. The number of alkyl halides is 1. The molecule has 4 heterocycles. The molecular weight excluding hydrogens is 361 g/mol. The first-order valence-electron chi connectivity index (χ1n) is 9.84. The molecule has 5 rings (SSSR count). The van der Waals surface area contributed by atoms with Gasteiger partial charge in [-0.2, -0.15) is 10.1 Å². The number of anilines is 2. The maximum Gasteiger partial charge on any atom is 0.229 e. The SMILES string of the molecule is Cn1cc(CNc2nccc(N3C[C@H]4CC[C@@H](C3)N4C(=O)[C@@H]3CC3F)n2)cn1. The smallest absolute Gasteiger partial charge is 0.229 e. The minimum Gasteiger partial charge on any atom is -0.352 e. The fourth-order valence-electron chi connectivity index (χ4n) is 4.42. The number of nitrogens with one attached hydrogen (secondary N) is 1. The topological polar surface area (TPSA) is 79.2 Å². The monoisotopic (exact) mass is 385 g/mol. The van der Waals surface area contributed by atoms with Gasteiger partial charge in [0.2, 0.25) is 11.9 Å². The zero-order valence-electron chi connectivity index (χ0n) is 15.8. The molecule has 1 saturated carbocycles. The second kappa shape index (κ2) is 6.72. The van der Waals surface area contributed by atoms with Crippen molar-refractivity contribution in [2.75, 3.05) is 23.3 Å². The van der Waals surface area contributed by atoms with Crippen LogP contribution < -0.4 is 10.2 Å². The Bertz CT molecular complexity index is 873. The summed E-state index contributed by atoms with van der Waals surface area (Å²) < 4.78 is 15.1. The number of carbonyl (C=O) groups is 1. The van der Waals surface area contributed by atoms with Crippen molar-refractivity contribution in [3.8, 4) is 0 Å². The summed E-state index contributed by atoms with van der Waals surface area (Å²) in [6, 6.07) is 2.21. The third kappa shape index (κ3) is 3.18. The predicted octanol–water partition coefficient (Wildman–Crippen LogP) is 1.36. The van der Waals surface area contributed by atoms with Gasteiger partial charge in [0.15, 0.2) is 0 Å². The van der Waals surface area contributed by atoms with E-state index in [1.54, 1.807) is 10.9 Å². The first-order valence-corrected chi connectivity index (χ1v) is 9.84. The molecule has 4 atom stereocenters. The van der Waals surface area contributed by atoms with Gasteiger partial charge >= 0.3 is 0 Å². The number of fused-ring (bicyclic) bond motifs is 2. The highest BCUT2D eigenvalue weighted by Crippen LogP contribution is 2.40. The second-order valence-electron chi connectivity index (χ2n) is 8.01. The van der Waals surface area contributed by atoms with E-state index in [1.807, 2.05) is 30.4 Å². The Labute approximate surface area is 162 Å². The summed E-state index contributed by atoms with van der Waals surface area (Å²) in [4.78, 5) is 25.7. The van der Waals surface area contributed by atoms with E-state index in [2.05, 4.69) is 25.3 Å². The van der Waals surface area contributed by atoms with E-state index in [9.17, 15) is 9.18 Å². The van der Waals surface area contributed by atoms with E-state index < -0.39 is 12.1 Å². The molecule has 148 valence electrons. The van der Waals surface area contributed by atoms with Gasteiger partial charge in [-0.3, -0.25) is 9.48 Å². The molecule has 2 aromatic heterocycles. The van der Waals surface area contributed by atoms with E-state index in [4.69, 9.17) is 0 Å². The molecule has 2 aliphatic heterocycles. The first kappa shape index (κ1) is 17.4. The standard InChI is InChI=1S/C19H24FN7O/c1-25-9-12(8-23-25)7-22-19-21-5-4-17(24-19)26-10-13-2-3-14(11-26)27(13)18(28)15-6-16(15)20/h4-5,8-9,13-16H,2-3,6-7,10-11H2,1H3,(H,21,22,24)/t13-,14+,15-,16?/m1/s1. The highest BCUT2D eigenvalue weighted by atomic mass is 19.1. The second-order valence-corrected chi connectivity index (χ2v) is 8.01. The molecule has 0 spiro atoms. The Hall–Kier alpha value is -2.71. The Balaban J connectivity index is 1.25. The number of rotatable bonds is 5. The number of halogens is 1. The van der Waals surface area contributed by atoms with Crippen LogP contribution >= 0.6 is 0 Å². The van der Waals surface area contributed by atoms with E-state index in [0.717, 1.165) is 37.3 Å². The largest absolute Gasteiger partial charge is 0.352 e. The van der Waals surface area contributed by atoms with E-state index in [-0.39, 0.29) is 18.0 Å². The number of amides is 1. The van der Waals surface area contributed by atoms with Crippen LogP contribution in [-0.2, 0) is 18.4 Å². The van der Waals surface area contributed by atoms with Gasteiger partial charge in [0.05, 0.1) is 12.1 Å². The van der Waals surface area contributed by atoms with Crippen molar-refractivity contribution < 1.29 is 9.18 Å². The highest BCUT2D eigenvalue weighted by molar-refractivity contribution is 5.83. The van der Waals surface area contributed by atoms with Crippen LogP contribution in [0.25, 0.3) is 0 Å². The van der Waals surface area contributed by atoms with Crippen molar-refractivity contribution in [1.29, 1.82) is 0 Å². The number of aryl methyl sites for hydroxylation is 1. The first-order chi connectivity index (χ1) is 13.6. The van der Waals surface area contributed by atoms with Gasteiger partial charge in [0.25, 0.3) is 0 Å². The van der Waals surface area contributed by atoms with Crippen LogP contribution in [0.3, 0.4) is 0 Å². The van der Waals surface area contributed by atoms with Crippen molar-refractivity contribution >= 4 is 17.7 Å². The van der Waals surface area contributed by atoms with E-state index >= 15 is 0 Å². The molecule has 28 heavy (non-hydrogen) atoms. The third-order valence-corrected chi connectivity index (χ3v) is 5.94. The molecule has 3 fully saturated rings. The number of nitrogens with zero attached hydrogens (tertiary/aromatic N) is 6. The summed E-state index contributed by atoms with van der Waals surface area (Å²) in [5, 5.41) is 7.40. The van der Waals surface area contributed by atoms with Crippen molar-refractivity contribution in [3.05, 3.63) is 30.2 Å². The van der Waals surface area contributed by atoms with Gasteiger partial charge in [-0.05, 0) is 25.3 Å². The fourth-order valence-corrected chi connectivity index (χ4v) is 4.42. The maximum atomic E-state index is 13.4. The Morgan fingerprint density at radius 2 is 2.07 bits per heavy atom. The van der Waals surface area contributed by atoms with Crippen molar-refractivity contribution in [2.45, 2.75) is 44.1 Å². The molecule has 0 radical (unpaired) electrons. The van der Waals surface area contributed by atoms with Crippen LogP contribution in [0.15, 0.2) is 24.7 Å². The molecule has 1 N–H and O–H groups in total. The molecule has 3 aliphatic rings. The lowest BCUT2D eigenvalue weighted by Gasteiger charge is -2.41. The Morgan fingerprint density at radius 3 is 2.71 bits per heavy atom. The van der Waals surface area contributed by atoms with Gasteiger partial charge in [0.1, 0.15) is 12.0 Å². The molecule has 1 unspecified atom stereocenters. The molecule has 1 aliphatic carbocycles. The Kier molecular flexibility index (Phi) is 4.17. The summed E-state index contributed by atoms with van der Waals surface area (Å²) in [7, 11) is 1.89. The van der Waals surface area contributed by atoms with E-state index in [0.29, 0.717) is 18.9 Å². The lowest BCUT2D eigenvalue weighted by molar-refractivity contribution is -0.136. The van der Waals surface area contributed by atoms with Crippen molar-refractivity contribution in [2.24, 2.45) is 13.0 Å². The van der Waals surface area contributed by atoms with Crippen molar-refractivity contribution in [3.63, 3.8) is 0 Å². The van der Waals surface area contributed by atoms with Gasteiger partial charge in [0, 0.05) is 56.7 Å². The average Bonchev–Trinajstić information content (AvgIpc) is 3.19. The summed E-state index contributed by atoms with van der Waals surface area (Å²) in [5.41, 5.74) is 1.06. The van der Waals surface area contributed by atoms with Crippen LogP contribution in [-0.4, -0.2) is 61.9 Å². The fraction of sp³-hybridized carbons (Fsp3) is 0.579. The number of hydrogen-bond donors (Lipinski definition) is 1. The number of aromatic nitrogens is 4. The third-order valence-electron chi connectivity index (χ3n) is 5.94. The molecule has 2 saturated heterocycles. The molecule has 0 aromatic carbocycles. The molecule has 2 bridgehead atoms. The van der Waals surface area contributed by atoms with Gasteiger partial charge < -0.3 is 15.1 Å². The molecule has 8 nitrogen and oxygen atoms in total. The normalized spacial score (nSPS) is 28.5. The van der Waals surface area contributed by atoms with Crippen molar-refractivity contribution in [1.82, 2.24) is 24.6 Å². The van der Waals surface area contributed by atoms with Crippen LogP contribution in [0.5, 0.6) is 0 Å². The molecule has 2 aromatic rings. The van der Waals surface area contributed by atoms with Gasteiger partial charge in [-0.1, -0.05) is 0 Å². The maximum absolute atomic E-state index is 13.4. The minimum atomic E-state index is -0.930. The molecule has 9 heteroatoms. The summed E-state index contributed by atoms with van der Waals surface area (Å²) in [6.07, 6.45) is 6.95. The minimum absolute atomic E-state index is 0.0150. The van der Waals surface area contributed by atoms with Gasteiger partial charge in [-0.15, -0.1) is 0 Å². The zero-order chi connectivity index (χ0) is 19.3. The summed E-state index contributed by atoms with van der Waals surface area (Å²) in [5.74, 6) is 1.06. The Morgan fingerprint density at radius 1 is 1.32 bits per heavy atom. The predicted molar refractivity (Wildman–Crippen MR) is 101 cm³/mol. The number of piperazine rings is 1. The lowest BCUT2D eigenvalue weighted by Crippen LogP contribution is -2.56. The highest BCUT2D eigenvalue weighted by Gasteiger charge is 2.51. The zero-order valence-corrected chi connectivity index (χ0v) is 15.8. The summed E-state index contributed by atoms with van der Waals surface area (Å²) >= 11 is 0. The van der Waals surface area contributed by atoms with Crippen LogP contribution in [0, 0.1) is 5.92 Å². The summed E-state index contributed by atoms with van der Waals surface area (Å²) in [6.45, 7) is 2.09. The van der Waals surface area contributed by atoms with E-state index in [1.165, 1.54) is 0 Å². The quantitative estimate of drug-likeness (QED) is 0.837. The molecule has 1 amide bonds. The van der Waals surface area contributed by atoms with Gasteiger partial charge in [-0.25, -0.2) is 9.37 Å².